The van der Waals surface area contributed by atoms with E-state index in [2.05, 4.69) is 10.3 Å². The molecule has 0 aliphatic rings. The first-order valence-electron chi connectivity index (χ1n) is 6.81. The minimum atomic E-state index is -0.403. The van der Waals surface area contributed by atoms with Crippen LogP contribution in [0.5, 0.6) is 0 Å². The fraction of sp³-hybridized carbons (Fsp3) is 0.133. The van der Waals surface area contributed by atoms with Gasteiger partial charge in [-0.1, -0.05) is 22.9 Å². The Bertz CT molecular complexity index is 935. The van der Waals surface area contributed by atoms with Crippen molar-refractivity contribution in [1.82, 2.24) is 4.98 Å². The summed E-state index contributed by atoms with van der Waals surface area (Å²) in [7, 11) is 0. The third kappa shape index (κ3) is 3.72. The second-order valence-corrected chi connectivity index (χ2v) is 7.57. The van der Waals surface area contributed by atoms with Crippen LogP contribution in [0.1, 0.15) is 16.2 Å². The number of rotatable bonds is 5. The van der Waals surface area contributed by atoms with Gasteiger partial charge in [0.25, 0.3) is 5.91 Å². The topological polar surface area (TPSA) is 98.2 Å². The number of nitrogens with zero attached hydrogens (tertiary/aromatic N) is 1. The van der Waals surface area contributed by atoms with Crippen molar-refractivity contribution in [2.24, 2.45) is 5.73 Å². The van der Waals surface area contributed by atoms with Crippen molar-refractivity contribution in [2.45, 2.75) is 11.1 Å². The highest BCUT2D eigenvalue weighted by atomic mass is 35.5. The highest BCUT2D eigenvalue weighted by Crippen LogP contribution is 2.32. The summed E-state index contributed by atoms with van der Waals surface area (Å²) in [5.41, 5.74) is 6.45. The van der Waals surface area contributed by atoms with E-state index in [0.29, 0.717) is 15.7 Å². The molecular formula is C15H12ClN3O3S2. The summed E-state index contributed by atoms with van der Waals surface area (Å²) in [6.07, 6.45) is 0. The number of primary amides is 1. The highest BCUT2D eigenvalue weighted by molar-refractivity contribution is 8.01. The van der Waals surface area contributed by atoms with E-state index in [9.17, 15) is 9.59 Å². The maximum atomic E-state index is 12.3. The number of benzene rings is 1. The van der Waals surface area contributed by atoms with Crippen molar-refractivity contribution in [1.29, 1.82) is 0 Å². The molecule has 0 unspecified atom stereocenters. The number of nitrogens with one attached hydrogen (secondary N) is 1. The second-order valence-electron chi connectivity index (χ2n) is 4.89. The number of aryl methyl sites for hydroxylation is 1. The van der Waals surface area contributed by atoms with E-state index in [4.69, 9.17) is 21.8 Å². The van der Waals surface area contributed by atoms with Gasteiger partial charge >= 0.3 is 0 Å². The zero-order valence-electron chi connectivity index (χ0n) is 12.5. The molecule has 0 saturated heterocycles. The predicted octanol–water partition coefficient (Wildman–Crippen LogP) is 3.68. The number of nitrogens with two attached hydrogens (primary N) is 1. The number of hydrogen-bond acceptors (Lipinski definition) is 6. The van der Waals surface area contributed by atoms with Gasteiger partial charge in [-0.05, 0) is 31.2 Å². The Morgan fingerprint density at radius 2 is 2.21 bits per heavy atom. The molecule has 124 valence electrons. The minimum Gasteiger partial charge on any atom is -0.451 e. The van der Waals surface area contributed by atoms with Crippen molar-refractivity contribution in [3.05, 3.63) is 40.7 Å². The van der Waals surface area contributed by atoms with Gasteiger partial charge in [-0.25, -0.2) is 4.98 Å². The van der Waals surface area contributed by atoms with Crippen molar-refractivity contribution in [3.63, 3.8) is 0 Å². The molecule has 0 atom stereocenters. The fourth-order valence-corrected chi connectivity index (χ4v) is 4.04. The van der Waals surface area contributed by atoms with E-state index in [-0.39, 0.29) is 11.5 Å². The zero-order valence-corrected chi connectivity index (χ0v) is 14.8. The van der Waals surface area contributed by atoms with Crippen LogP contribution in [-0.4, -0.2) is 22.6 Å². The summed E-state index contributed by atoms with van der Waals surface area (Å²) in [5.74, 6) is -0.464. The summed E-state index contributed by atoms with van der Waals surface area (Å²) in [6.45, 7) is 1.80. The van der Waals surface area contributed by atoms with Gasteiger partial charge in [0.05, 0.1) is 15.7 Å². The summed E-state index contributed by atoms with van der Waals surface area (Å²) in [5, 5.41) is 4.45. The molecule has 0 fully saturated rings. The van der Waals surface area contributed by atoms with E-state index < -0.39 is 11.8 Å². The average molecular weight is 382 g/mol. The molecule has 3 rings (SSSR count). The van der Waals surface area contributed by atoms with Gasteiger partial charge in [-0.3, -0.25) is 14.9 Å². The number of amides is 2. The molecule has 2 aromatic heterocycles. The molecule has 0 spiro atoms. The predicted molar refractivity (Wildman–Crippen MR) is 95.9 cm³/mol. The SMILES string of the molecule is Cc1nc(NC(=O)c2cc3cc(Cl)ccc3o2)sc1SCC(N)=O. The van der Waals surface area contributed by atoms with Gasteiger partial charge in [0.1, 0.15) is 5.58 Å². The Hall–Kier alpha value is -2.03. The van der Waals surface area contributed by atoms with Crippen LogP contribution in [0.4, 0.5) is 5.13 Å². The monoisotopic (exact) mass is 381 g/mol. The van der Waals surface area contributed by atoms with E-state index in [1.54, 1.807) is 31.2 Å². The minimum absolute atomic E-state index is 0.167. The molecule has 2 heterocycles. The molecule has 2 amide bonds. The maximum Gasteiger partial charge on any atom is 0.293 e. The Morgan fingerprint density at radius 1 is 1.42 bits per heavy atom. The number of fused-ring (bicyclic) bond motifs is 1. The van der Waals surface area contributed by atoms with Crippen LogP contribution < -0.4 is 11.1 Å². The first-order valence-corrected chi connectivity index (χ1v) is 8.99. The number of aromatic nitrogens is 1. The fourth-order valence-electron chi connectivity index (χ4n) is 1.99. The molecule has 3 aromatic rings. The van der Waals surface area contributed by atoms with E-state index >= 15 is 0 Å². The number of thioether (sulfide) groups is 1. The lowest BCUT2D eigenvalue weighted by Gasteiger charge is -1.97. The number of anilines is 1. The average Bonchev–Trinajstić information content (AvgIpc) is 3.08. The Labute approximate surface area is 150 Å². The maximum absolute atomic E-state index is 12.3. The van der Waals surface area contributed by atoms with E-state index in [1.165, 1.54) is 23.1 Å². The lowest BCUT2D eigenvalue weighted by molar-refractivity contribution is -0.115. The smallest absolute Gasteiger partial charge is 0.293 e. The molecular weight excluding hydrogens is 370 g/mol. The van der Waals surface area contributed by atoms with Crippen LogP contribution in [0.2, 0.25) is 5.02 Å². The number of furan rings is 1. The Balaban J connectivity index is 1.76. The second kappa shape index (κ2) is 6.84. The van der Waals surface area contributed by atoms with E-state index in [0.717, 1.165) is 15.3 Å². The van der Waals surface area contributed by atoms with Gasteiger partial charge in [-0.15, -0.1) is 11.8 Å². The van der Waals surface area contributed by atoms with Crippen LogP contribution in [0.15, 0.2) is 32.9 Å². The van der Waals surface area contributed by atoms with Gasteiger partial charge in [0.2, 0.25) is 5.91 Å². The van der Waals surface area contributed by atoms with Crippen molar-refractivity contribution in [2.75, 3.05) is 11.1 Å². The van der Waals surface area contributed by atoms with Gasteiger partial charge in [-0.2, -0.15) is 0 Å². The van der Waals surface area contributed by atoms with Crippen molar-refractivity contribution < 1.29 is 14.0 Å². The normalized spacial score (nSPS) is 10.9. The number of hydrogen-bond donors (Lipinski definition) is 2. The summed E-state index contributed by atoms with van der Waals surface area (Å²) in [4.78, 5) is 27.4. The lowest BCUT2D eigenvalue weighted by Crippen LogP contribution is -2.12. The number of carbonyl (C=O) groups excluding carboxylic acids is 2. The van der Waals surface area contributed by atoms with Crippen LogP contribution in [0.25, 0.3) is 11.0 Å². The van der Waals surface area contributed by atoms with Crippen molar-refractivity contribution in [3.8, 4) is 0 Å². The molecule has 1 aromatic carbocycles. The molecule has 6 nitrogen and oxygen atoms in total. The zero-order chi connectivity index (χ0) is 17.3. The first-order chi connectivity index (χ1) is 11.4. The van der Waals surface area contributed by atoms with Crippen LogP contribution in [0.3, 0.4) is 0 Å². The Morgan fingerprint density at radius 3 is 2.96 bits per heavy atom. The standard InChI is InChI=1S/C15H12ClN3O3S2/c1-7-14(23-6-12(17)20)24-15(18-7)19-13(21)11-5-8-4-9(16)2-3-10(8)22-11/h2-5H,6H2,1H3,(H2,17,20)(H,18,19,21). The van der Waals surface area contributed by atoms with Gasteiger partial charge in [0, 0.05) is 10.4 Å². The molecule has 0 saturated carbocycles. The molecule has 0 bridgehead atoms. The van der Waals surface area contributed by atoms with Crippen LogP contribution >= 0.6 is 34.7 Å². The van der Waals surface area contributed by atoms with Crippen LogP contribution in [-0.2, 0) is 4.79 Å². The molecule has 24 heavy (non-hydrogen) atoms. The highest BCUT2D eigenvalue weighted by Gasteiger charge is 2.16. The van der Waals surface area contributed by atoms with Gasteiger partial charge in [0.15, 0.2) is 10.9 Å². The molecule has 0 aliphatic heterocycles. The third-order valence-corrected chi connectivity index (χ3v) is 5.71. The largest absolute Gasteiger partial charge is 0.451 e. The first kappa shape index (κ1) is 16.8. The lowest BCUT2D eigenvalue weighted by atomic mass is 10.2. The van der Waals surface area contributed by atoms with Crippen LogP contribution in [0, 0.1) is 6.92 Å². The number of halogens is 1. The Kier molecular flexibility index (Phi) is 4.79. The summed E-state index contributed by atoms with van der Waals surface area (Å²) >= 11 is 8.50. The van der Waals surface area contributed by atoms with Gasteiger partial charge < -0.3 is 10.2 Å². The quantitative estimate of drug-likeness (QED) is 0.657. The molecule has 0 aliphatic carbocycles. The van der Waals surface area contributed by atoms with E-state index in [1.807, 2.05) is 0 Å². The summed E-state index contributed by atoms with van der Waals surface area (Å²) in [6, 6.07) is 6.76. The number of thiazole rings is 1. The molecule has 3 N–H and O–H groups in total. The molecule has 9 heteroatoms. The molecule has 0 radical (unpaired) electrons. The third-order valence-electron chi connectivity index (χ3n) is 3.02. The number of carbonyl (C=O) groups is 2. The van der Waals surface area contributed by atoms with Crippen molar-refractivity contribution >= 4 is 62.6 Å². The summed E-state index contributed by atoms with van der Waals surface area (Å²) < 4.78 is 6.35.